The maximum atomic E-state index is 12.0. The minimum absolute atomic E-state index is 0.177. The quantitative estimate of drug-likeness (QED) is 0.357. The highest BCUT2D eigenvalue weighted by Crippen LogP contribution is 2.51. The average Bonchev–Trinajstić information content (AvgIpc) is 2.88. The van der Waals surface area contributed by atoms with Crippen LogP contribution in [-0.2, 0) is 14.3 Å². The Morgan fingerprint density at radius 2 is 1.61 bits per heavy atom. The minimum Gasteiger partial charge on any atom is -0.464 e. The Morgan fingerprint density at radius 1 is 1.06 bits per heavy atom. The third-order valence-corrected chi connectivity index (χ3v) is 3.85. The summed E-state index contributed by atoms with van der Waals surface area (Å²) >= 11 is 0. The third kappa shape index (κ3) is 3.47. The average molecular weight is 256 g/mol. The zero-order chi connectivity index (χ0) is 13.6. The lowest BCUT2D eigenvalue weighted by molar-refractivity contribution is -0.149. The minimum atomic E-state index is -0.659. The summed E-state index contributed by atoms with van der Waals surface area (Å²) in [6.07, 6.45) is 8.16. The van der Waals surface area contributed by atoms with Crippen molar-refractivity contribution in [2.45, 2.75) is 83.8 Å². The van der Waals surface area contributed by atoms with E-state index in [1.807, 2.05) is 20.8 Å². The Hall–Kier alpha value is -0.570. The van der Waals surface area contributed by atoms with Crippen LogP contribution in [0.15, 0.2) is 0 Å². The molecule has 1 aliphatic rings. The number of rotatable bonds is 9. The zero-order valence-electron chi connectivity index (χ0n) is 12.4. The molecule has 0 aromatic rings. The van der Waals surface area contributed by atoms with Crippen molar-refractivity contribution in [3.63, 3.8) is 0 Å². The maximum absolute atomic E-state index is 12.0. The van der Waals surface area contributed by atoms with Gasteiger partial charge < -0.3 is 9.47 Å². The van der Waals surface area contributed by atoms with Crippen molar-refractivity contribution in [2.24, 2.45) is 0 Å². The van der Waals surface area contributed by atoms with Crippen molar-refractivity contribution < 1.29 is 14.3 Å². The van der Waals surface area contributed by atoms with Gasteiger partial charge in [0, 0.05) is 0 Å². The lowest BCUT2D eigenvalue weighted by atomic mass is 9.90. The summed E-state index contributed by atoms with van der Waals surface area (Å²) in [5.41, 5.74) is -1.00. The molecule has 1 heterocycles. The molecule has 3 nitrogen and oxygen atoms in total. The number of epoxide rings is 1. The van der Waals surface area contributed by atoms with Gasteiger partial charge in [-0.3, -0.25) is 0 Å². The van der Waals surface area contributed by atoms with E-state index in [0.717, 1.165) is 12.8 Å². The molecule has 1 aliphatic heterocycles. The van der Waals surface area contributed by atoms with Gasteiger partial charge in [-0.15, -0.1) is 0 Å². The molecule has 1 atom stereocenters. The molecule has 106 valence electrons. The second-order valence-corrected chi connectivity index (χ2v) is 5.68. The molecule has 1 fully saturated rings. The molecule has 1 saturated heterocycles. The van der Waals surface area contributed by atoms with Gasteiger partial charge in [-0.05, 0) is 33.6 Å². The van der Waals surface area contributed by atoms with Crippen LogP contribution in [0.5, 0.6) is 0 Å². The fourth-order valence-corrected chi connectivity index (χ4v) is 2.55. The van der Waals surface area contributed by atoms with Gasteiger partial charge in [0.25, 0.3) is 0 Å². The number of unbranched alkanes of at least 4 members (excludes halogenated alkanes) is 5. The normalized spacial score (nSPS) is 24.9. The predicted octanol–water partition coefficient (Wildman–Crippen LogP) is 3.85. The molecule has 0 N–H and O–H groups in total. The van der Waals surface area contributed by atoms with E-state index in [-0.39, 0.29) is 11.6 Å². The SMILES string of the molecule is CCCCCCCC[C@@]1(C(=O)OCC)OC1(C)C. The molecule has 0 aromatic heterocycles. The van der Waals surface area contributed by atoms with Gasteiger partial charge in [0.05, 0.1) is 6.61 Å². The summed E-state index contributed by atoms with van der Waals surface area (Å²) in [5.74, 6) is -0.177. The fraction of sp³-hybridized carbons (Fsp3) is 0.933. The van der Waals surface area contributed by atoms with Crippen LogP contribution in [-0.4, -0.2) is 23.8 Å². The van der Waals surface area contributed by atoms with Crippen LogP contribution in [0.2, 0.25) is 0 Å². The van der Waals surface area contributed by atoms with E-state index in [2.05, 4.69) is 6.92 Å². The molecule has 0 spiro atoms. The molecule has 0 radical (unpaired) electrons. The van der Waals surface area contributed by atoms with Crippen LogP contribution in [0.25, 0.3) is 0 Å². The van der Waals surface area contributed by atoms with Crippen LogP contribution in [0.1, 0.15) is 72.6 Å². The van der Waals surface area contributed by atoms with Crippen LogP contribution in [0.4, 0.5) is 0 Å². The number of ether oxygens (including phenoxy) is 2. The third-order valence-electron chi connectivity index (χ3n) is 3.85. The van der Waals surface area contributed by atoms with Crippen molar-refractivity contribution in [1.82, 2.24) is 0 Å². The van der Waals surface area contributed by atoms with E-state index in [1.165, 1.54) is 32.1 Å². The number of esters is 1. The maximum Gasteiger partial charge on any atom is 0.341 e. The lowest BCUT2D eigenvalue weighted by Crippen LogP contribution is -2.33. The standard InChI is InChI=1S/C15H28O3/c1-5-7-8-9-10-11-12-15(13(16)17-6-2)14(3,4)18-15/h5-12H2,1-4H3/t15-/m0/s1. The summed E-state index contributed by atoms with van der Waals surface area (Å²) in [5, 5.41) is 0. The predicted molar refractivity (Wildman–Crippen MR) is 72.5 cm³/mol. The Balaban J connectivity index is 2.30. The summed E-state index contributed by atoms with van der Waals surface area (Å²) < 4.78 is 10.8. The van der Waals surface area contributed by atoms with Crippen molar-refractivity contribution in [3.05, 3.63) is 0 Å². The summed E-state index contributed by atoms with van der Waals surface area (Å²) in [6.45, 7) is 8.43. The van der Waals surface area contributed by atoms with Gasteiger partial charge in [-0.2, -0.15) is 0 Å². The monoisotopic (exact) mass is 256 g/mol. The van der Waals surface area contributed by atoms with E-state index in [9.17, 15) is 4.79 Å². The van der Waals surface area contributed by atoms with Gasteiger partial charge in [0.15, 0.2) is 5.60 Å². The highest BCUT2D eigenvalue weighted by atomic mass is 16.7. The first-order chi connectivity index (χ1) is 8.50. The molecular weight excluding hydrogens is 228 g/mol. The Morgan fingerprint density at radius 3 is 2.11 bits per heavy atom. The van der Waals surface area contributed by atoms with E-state index in [1.54, 1.807) is 0 Å². The van der Waals surface area contributed by atoms with Gasteiger partial charge >= 0.3 is 5.97 Å². The molecule has 0 aromatic carbocycles. The Bertz CT molecular complexity index is 273. The topological polar surface area (TPSA) is 38.8 Å². The number of carbonyl (C=O) groups excluding carboxylic acids is 1. The van der Waals surface area contributed by atoms with E-state index in [0.29, 0.717) is 6.61 Å². The summed E-state index contributed by atoms with van der Waals surface area (Å²) in [4.78, 5) is 12.0. The fourth-order valence-electron chi connectivity index (χ4n) is 2.55. The number of hydrogen-bond acceptors (Lipinski definition) is 3. The van der Waals surface area contributed by atoms with E-state index >= 15 is 0 Å². The largest absolute Gasteiger partial charge is 0.464 e. The van der Waals surface area contributed by atoms with Crippen molar-refractivity contribution >= 4 is 5.97 Å². The Kier molecular flexibility index (Phi) is 5.64. The van der Waals surface area contributed by atoms with E-state index < -0.39 is 5.60 Å². The van der Waals surface area contributed by atoms with Crippen molar-refractivity contribution in [2.75, 3.05) is 6.61 Å². The highest BCUT2D eigenvalue weighted by molar-refractivity contribution is 5.84. The van der Waals surface area contributed by atoms with Crippen molar-refractivity contribution in [3.8, 4) is 0 Å². The first-order valence-corrected chi connectivity index (χ1v) is 7.37. The molecule has 0 amide bonds. The zero-order valence-corrected chi connectivity index (χ0v) is 12.4. The molecule has 3 heteroatoms. The second kappa shape index (κ2) is 6.55. The van der Waals surface area contributed by atoms with Crippen LogP contribution >= 0.6 is 0 Å². The Labute approximate surface area is 111 Å². The molecule has 0 unspecified atom stereocenters. The van der Waals surface area contributed by atoms with Gasteiger partial charge in [0.2, 0.25) is 0 Å². The van der Waals surface area contributed by atoms with Crippen molar-refractivity contribution in [1.29, 1.82) is 0 Å². The second-order valence-electron chi connectivity index (χ2n) is 5.68. The van der Waals surface area contributed by atoms with Crippen LogP contribution in [0, 0.1) is 0 Å². The lowest BCUT2D eigenvalue weighted by Gasteiger charge is -2.13. The molecule has 0 aliphatic carbocycles. The highest BCUT2D eigenvalue weighted by Gasteiger charge is 2.69. The van der Waals surface area contributed by atoms with Gasteiger partial charge in [-0.1, -0.05) is 39.0 Å². The number of carbonyl (C=O) groups is 1. The molecule has 0 saturated carbocycles. The van der Waals surface area contributed by atoms with E-state index in [4.69, 9.17) is 9.47 Å². The first-order valence-electron chi connectivity index (χ1n) is 7.37. The molecular formula is C15H28O3. The summed E-state index contributed by atoms with van der Waals surface area (Å²) in [7, 11) is 0. The van der Waals surface area contributed by atoms with Crippen LogP contribution < -0.4 is 0 Å². The van der Waals surface area contributed by atoms with Gasteiger partial charge in [0.1, 0.15) is 5.60 Å². The van der Waals surface area contributed by atoms with Crippen LogP contribution in [0.3, 0.4) is 0 Å². The summed E-state index contributed by atoms with van der Waals surface area (Å²) in [6, 6.07) is 0. The van der Waals surface area contributed by atoms with Gasteiger partial charge in [-0.25, -0.2) is 4.79 Å². The first kappa shape index (κ1) is 15.5. The number of hydrogen-bond donors (Lipinski definition) is 0. The molecule has 0 bridgehead atoms. The smallest absolute Gasteiger partial charge is 0.341 e. The molecule has 18 heavy (non-hydrogen) atoms. The molecule has 1 rings (SSSR count).